The van der Waals surface area contributed by atoms with Gasteiger partial charge in [0, 0.05) is 12.6 Å². The number of rotatable bonds is 5. The SMILES string of the molecule is Cc1ccc(CNc2cc(Nc3ccccc3F)nc(C)n2)cc1. The van der Waals surface area contributed by atoms with Gasteiger partial charge in [0.2, 0.25) is 0 Å². The van der Waals surface area contributed by atoms with Gasteiger partial charge in [-0.3, -0.25) is 0 Å². The summed E-state index contributed by atoms with van der Waals surface area (Å²) in [7, 11) is 0. The van der Waals surface area contributed by atoms with Crippen LogP contribution in [0.3, 0.4) is 0 Å². The van der Waals surface area contributed by atoms with E-state index in [1.807, 2.05) is 6.92 Å². The monoisotopic (exact) mass is 322 g/mol. The molecule has 2 aromatic carbocycles. The second-order valence-electron chi connectivity index (χ2n) is 5.63. The number of halogens is 1. The highest BCUT2D eigenvalue weighted by Gasteiger charge is 2.05. The molecule has 4 nitrogen and oxygen atoms in total. The van der Waals surface area contributed by atoms with Crippen LogP contribution in [0.2, 0.25) is 0 Å². The van der Waals surface area contributed by atoms with E-state index in [1.54, 1.807) is 24.3 Å². The molecule has 3 rings (SSSR count). The van der Waals surface area contributed by atoms with Crippen molar-refractivity contribution in [3.8, 4) is 0 Å². The third-order valence-corrected chi connectivity index (χ3v) is 3.57. The molecule has 0 bridgehead atoms. The fourth-order valence-corrected chi connectivity index (χ4v) is 2.32. The summed E-state index contributed by atoms with van der Waals surface area (Å²) in [6.45, 7) is 4.53. The Balaban J connectivity index is 1.74. The molecular formula is C19H19FN4. The number of benzene rings is 2. The maximum absolute atomic E-state index is 13.8. The summed E-state index contributed by atoms with van der Waals surface area (Å²) >= 11 is 0. The number of hydrogen-bond donors (Lipinski definition) is 2. The Kier molecular flexibility index (Phi) is 4.70. The van der Waals surface area contributed by atoms with Gasteiger partial charge in [0.1, 0.15) is 23.3 Å². The summed E-state index contributed by atoms with van der Waals surface area (Å²) in [5.74, 6) is 1.55. The van der Waals surface area contributed by atoms with Crippen molar-refractivity contribution in [3.05, 3.63) is 77.4 Å². The molecule has 0 aliphatic rings. The van der Waals surface area contributed by atoms with Crippen molar-refractivity contribution in [1.82, 2.24) is 9.97 Å². The van der Waals surface area contributed by atoms with Gasteiger partial charge in [-0.2, -0.15) is 0 Å². The van der Waals surface area contributed by atoms with Gasteiger partial charge in [0.25, 0.3) is 0 Å². The molecule has 0 saturated heterocycles. The van der Waals surface area contributed by atoms with Crippen molar-refractivity contribution in [2.75, 3.05) is 10.6 Å². The zero-order chi connectivity index (χ0) is 16.9. The largest absolute Gasteiger partial charge is 0.366 e. The molecule has 24 heavy (non-hydrogen) atoms. The van der Waals surface area contributed by atoms with Crippen LogP contribution in [0.5, 0.6) is 0 Å². The number of hydrogen-bond acceptors (Lipinski definition) is 4. The number of nitrogens with one attached hydrogen (secondary N) is 2. The first-order valence-electron chi connectivity index (χ1n) is 7.77. The molecule has 0 unspecified atom stereocenters. The topological polar surface area (TPSA) is 49.8 Å². The first-order chi connectivity index (χ1) is 11.6. The Morgan fingerprint density at radius 3 is 2.38 bits per heavy atom. The molecule has 3 aromatic rings. The molecule has 0 aliphatic carbocycles. The average Bonchev–Trinajstić information content (AvgIpc) is 2.56. The average molecular weight is 322 g/mol. The van der Waals surface area contributed by atoms with Crippen molar-refractivity contribution in [2.24, 2.45) is 0 Å². The molecule has 0 amide bonds. The van der Waals surface area contributed by atoms with E-state index >= 15 is 0 Å². The minimum atomic E-state index is -0.317. The number of para-hydroxylation sites is 1. The predicted molar refractivity (Wildman–Crippen MR) is 95.0 cm³/mol. The molecule has 1 heterocycles. The van der Waals surface area contributed by atoms with Gasteiger partial charge >= 0.3 is 0 Å². The normalized spacial score (nSPS) is 10.5. The van der Waals surface area contributed by atoms with Crippen molar-refractivity contribution < 1.29 is 4.39 Å². The van der Waals surface area contributed by atoms with Crippen LogP contribution in [0.1, 0.15) is 17.0 Å². The van der Waals surface area contributed by atoms with Crippen LogP contribution in [-0.4, -0.2) is 9.97 Å². The van der Waals surface area contributed by atoms with Gasteiger partial charge in [-0.05, 0) is 31.5 Å². The minimum absolute atomic E-state index is 0.317. The molecule has 1 aromatic heterocycles. The second kappa shape index (κ2) is 7.08. The molecule has 2 N–H and O–H groups in total. The highest BCUT2D eigenvalue weighted by atomic mass is 19.1. The lowest BCUT2D eigenvalue weighted by atomic mass is 10.1. The molecule has 0 fully saturated rings. The van der Waals surface area contributed by atoms with Crippen LogP contribution in [-0.2, 0) is 6.54 Å². The van der Waals surface area contributed by atoms with Gasteiger partial charge in [-0.25, -0.2) is 14.4 Å². The van der Waals surface area contributed by atoms with E-state index in [4.69, 9.17) is 0 Å². The third kappa shape index (κ3) is 4.07. The van der Waals surface area contributed by atoms with Crippen molar-refractivity contribution in [2.45, 2.75) is 20.4 Å². The zero-order valence-electron chi connectivity index (χ0n) is 13.7. The molecule has 122 valence electrons. The summed E-state index contributed by atoms with van der Waals surface area (Å²) in [6, 6.07) is 16.6. The van der Waals surface area contributed by atoms with Crippen LogP contribution in [0, 0.1) is 19.7 Å². The van der Waals surface area contributed by atoms with Crippen molar-refractivity contribution in [1.29, 1.82) is 0 Å². The summed E-state index contributed by atoms with van der Waals surface area (Å²) in [5.41, 5.74) is 2.79. The Hall–Kier alpha value is -2.95. The van der Waals surface area contributed by atoms with E-state index < -0.39 is 0 Å². The number of aryl methyl sites for hydroxylation is 2. The summed E-state index contributed by atoms with van der Waals surface area (Å²) in [4.78, 5) is 8.68. The van der Waals surface area contributed by atoms with Gasteiger partial charge < -0.3 is 10.6 Å². The molecule has 0 spiro atoms. The van der Waals surface area contributed by atoms with E-state index in [2.05, 4.69) is 51.8 Å². The van der Waals surface area contributed by atoms with Gasteiger partial charge in [0.15, 0.2) is 0 Å². The molecule has 0 radical (unpaired) electrons. The number of aromatic nitrogens is 2. The molecule has 0 aliphatic heterocycles. The maximum atomic E-state index is 13.8. The Morgan fingerprint density at radius 1 is 0.917 bits per heavy atom. The number of nitrogens with zero attached hydrogens (tertiary/aromatic N) is 2. The van der Waals surface area contributed by atoms with E-state index in [9.17, 15) is 4.39 Å². The molecule has 5 heteroatoms. The highest BCUT2D eigenvalue weighted by Crippen LogP contribution is 2.20. The first-order valence-corrected chi connectivity index (χ1v) is 7.77. The van der Waals surface area contributed by atoms with E-state index in [0.29, 0.717) is 29.7 Å². The highest BCUT2D eigenvalue weighted by molar-refractivity contribution is 5.59. The fourth-order valence-electron chi connectivity index (χ4n) is 2.32. The third-order valence-electron chi connectivity index (χ3n) is 3.57. The Labute approximate surface area is 140 Å². The minimum Gasteiger partial charge on any atom is -0.366 e. The standard InChI is InChI=1S/C19H19FN4/c1-13-7-9-15(10-8-13)12-21-18-11-19(23-14(2)22-18)24-17-6-4-3-5-16(17)20/h3-11H,12H2,1-2H3,(H2,21,22,23,24). The van der Waals surface area contributed by atoms with Crippen LogP contribution >= 0.6 is 0 Å². The summed E-state index contributed by atoms with van der Waals surface area (Å²) in [5, 5.41) is 6.27. The van der Waals surface area contributed by atoms with Crippen molar-refractivity contribution >= 4 is 17.3 Å². The fraction of sp³-hybridized carbons (Fsp3) is 0.158. The molecule has 0 saturated carbocycles. The van der Waals surface area contributed by atoms with Crippen LogP contribution in [0.25, 0.3) is 0 Å². The van der Waals surface area contributed by atoms with Crippen LogP contribution < -0.4 is 10.6 Å². The molecular weight excluding hydrogens is 303 g/mol. The lowest BCUT2D eigenvalue weighted by molar-refractivity contribution is 0.632. The lowest BCUT2D eigenvalue weighted by Gasteiger charge is -2.11. The molecule has 0 atom stereocenters. The predicted octanol–water partition coefficient (Wildman–Crippen LogP) is 4.59. The zero-order valence-corrected chi connectivity index (χ0v) is 13.7. The quantitative estimate of drug-likeness (QED) is 0.721. The Morgan fingerprint density at radius 2 is 1.62 bits per heavy atom. The second-order valence-corrected chi connectivity index (χ2v) is 5.63. The van der Waals surface area contributed by atoms with E-state index in [0.717, 1.165) is 0 Å². The van der Waals surface area contributed by atoms with Gasteiger partial charge in [0.05, 0.1) is 5.69 Å². The first kappa shape index (κ1) is 15.9. The number of anilines is 3. The van der Waals surface area contributed by atoms with Crippen LogP contribution in [0.4, 0.5) is 21.7 Å². The Bertz CT molecular complexity index is 831. The van der Waals surface area contributed by atoms with Crippen molar-refractivity contribution in [3.63, 3.8) is 0 Å². The lowest BCUT2D eigenvalue weighted by Crippen LogP contribution is -2.05. The van der Waals surface area contributed by atoms with Gasteiger partial charge in [-0.1, -0.05) is 42.0 Å². The smallest absolute Gasteiger partial charge is 0.146 e. The summed E-state index contributed by atoms with van der Waals surface area (Å²) in [6.07, 6.45) is 0. The van der Waals surface area contributed by atoms with E-state index in [1.165, 1.54) is 17.2 Å². The van der Waals surface area contributed by atoms with Gasteiger partial charge in [-0.15, -0.1) is 0 Å². The maximum Gasteiger partial charge on any atom is 0.146 e. The van der Waals surface area contributed by atoms with E-state index in [-0.39, 0.29) is 5.82 Å². The summed E-state index contributed by atoms with van der Waals surface area (Å²) < 4.78 is 13.8. The van der Waals surface area contributed by atoms with Crippen LogP contribution in [0.15, 0.2) is 54.6 Å².